The second-order valence-corrected chi connectivity index (χ2v) is 5.11. The number of likely N-dealkylation sites (tertiary alicyclic amines) is 1. The molecular formula is C12H22N4O2. The normalized spacial score (nSPS) is 29.8. The summed E-state index contributed by atoms with van der Waals surface area (Å²) < 4.78 is 5.08. The van der Waals surface area contributed by atoms with Crippen molar-refractivity contribution in [3.05, 3.63) is 0 Å². The number of urea groups is 1. The Kier molecular flexibility index (Phi) is 3.87. The van der Waals surface area contributed by atoms with Gasteiger partial charge in [0.1, 0.15) is 11.4 Å². The molecule has 0 aromatic rings. The highest BCUT2D eigenvalue weighted by Crippen LogP contribution is 2.33. The molecule has 2 rings (SSSR count). The lowest BCUT2D eigenvalue weighted by Crippen LogP contribution is -2.55. The van der Waals surface area contributed by atoms with E-state index in [0.29, 0.717) is 19.0 Å². The van der Waals surface area contributed by atoms with Crippen LogP contribution in [0.4, 0.5) is 4.79 Å². The Labute approximate surface area is 108 Å². The predicted molar refractivity (Wildman–Crippen MR) is 69.7 cm³/mol. The number of hydrogen-bond donors (Lipinski definition) is 1. The minimum Gasteiger partial charge on any atom is -0.385 e. The van der Waals surface area contributed by atoms with Gasteiger partial charge in [0, 0.05) is 20.2 Å². The van der Waals surface area contributed by atoms with Gasteiger partial charge in [-0.05, 0) is 32.9 Å². The highest BCUT2D eigenvalue weighted by Gasteiger charge is 2.48. The fraction of sp³-hybridized carbons (Fsp3) is 0.833. The van der Waals surface area contributed by atoms with Gasteiger partial charge in [0.2, 0.25) is 0 Å². The number of methoxy groups -OCH3 is 1. The average molecular weight is 254 g/mol. The molecule has 0 saturated carbocycles. The Morgan fingerprint density at radius 3 is 2.94 bits per heavy atom. The van der Waals surface area contributed by atoms with Crippen molar-refractivity contribution >= 4 is 11.9 Å². The molecule has 0 aliphatic carbocycles. The van der Waals surface area contributed by atoms with Crippen LogP contribution in [0.3, 0.4) is 0 Å². The van der Waals surface area contributed by atoms with E-state index in [9.17, 15) is 4.79 Å². The van der Waals surface area contributed by atoms with Crippen LogP contribution in [0.25, 0.3) is 0 Å². The Hall–Kier alpha value is -1.14. The zero-order valence-corrected chi connectivity index (χ0v) is 11.2. The summed E-state index contributed by atoms with van der Waals surface area (Å²) in [6.45, 7) is 3.06. The van der Waals surface area contributed by atoms with Gasteiger partial charge in [0.05, 0.1) is 6.61 Å². The molecule has 6 heteroatoms. The summed E-state index contributed by atoms with van der Waals surface area (Å²) in [7, 11) is 3.74. The van der Waals surface area contributed by atoms with Gasteiger partial charge in [-0.15, -0.1) is 0 Å². The van der Waals surface area contributed by atoms with Crippen molar-refractivity contribution in [3.8, 4) is 0 Å². The van der Waals surface area contributed by atoms with Crippen LogP contribution in [0.5, 0.6) is 0 Å². The summed E-state index contributed by atoms with van der Waals surface area (Å²) in [6.07, 6.45) is 2.78. The van der Waals surface area contributed by atoms with Crippen LogP contribution in [0.1, 0.15) is 19.3 Å². The van der Waals surface area contributed by atoms with Gasteiger partial charge < -0.3 is 20.3 Å². The summed E-state index contributed by atoms with van der Waals surface area (Å²) in [5.74, 6) is 0.485. The molecule has 2 aliphatic heterocycles. The molecule has 2 heterocycles. The van der Waals surface area contributed by atoms with Crippen molar-refractivity contribution in [1.82, 2.24) is 9.80 Å². The van der Waals surface area contributed by atoms with Gasteiger partial charge in [-0.3, -0.25) is 0 Å². The topological polar surface area (TPSA) is 71.2 Å². The number of ether oxygens (including phenoxy) is 1. The SMILES string of the molecule is COCCN1C(=O)N=C(N)C12CCCN(C)CC2. The molecule has 0 aromatic carbocycles. The summed E-state index contributed by atoms with van der Waals surface area (Å²) in [5.41, 5.74) is 5.67. The lowest BCUT2D eigenvalue weighted by atomic mass is 9.88. The van der Waals surface area contributed by atoms with Gasteiger partial charge in [-0.1, -0.05) is 0 Å². The smallest absolute Gasteiger partial charge is 0.346 e. The van der Waals surface area contributed by atoms with Gasteiger partial charge in [-0.25, -0.2) is 4.79 Å². The average Bonchev–Trinajstić information content (AvgIpc) is 2.49. The quantitative estimate of drug-likeness (QED) is 0.785. The van der Waals surface area contributed by atoms with E-state index in [2.05, 4.69) is 16.9 Å². The third kappa shape index (κ3) is 2.22. The van der Waals surface area contributed by atoms with E-state index < -0.39 is 0 Å². The van der Waals surface area contributed by atoms with E-state index >= 15 is 0 Å². The van der Waals surface area contributed by atoms with E-state index in [0.717, 1.165) is 32.4 Å². The number of amidine groups is 1. The molecular weight excluding hydrogens is 232 g/mol. The monoisotopic (exact) mass is 254 g/mol. The fourth-order valence-corrected chi connectivity index (χ4v) is 2.86. The molecule has 6 nitrogen and oxygen atoms in total. The Morgan fingerprint density at radius 1 is 1.44 bits per heavy atom. The standard InChI is InChI=1S/C12H22N4O2/c1-15-6-3-4-12(5-7-15)10(13)14-11(17)16(12)8-9-18-2/h3-9H2,1-2H3,(H2,13,14,17). The predicted octanol–water partition coefficient (Wildman–Crippen LogP) is 0.280. The maximum absolute atomic E-state index is 11.9. The van der Waals surface area contributed by atoms with E-state index in [1.165, 1.54) is 0 Å². The van der Waals surface area contributed by atoms with Crippen LogP contribution < -0.4 is 5.73 Å². The molecule has 2 aliphatic rings. The van der Waals surface area contributed by atoms with E-state index in [-0.39, 0.29) is 11.6 Å². The summed E-state index contributed by atoms with van der Waals surface area (Å²) in [4.78, 5) is 20.0. The Balaban J connectivity index is 2.20. The lowest BCUT2D eigenvalue weighted by Gasteiger charge is -2.37. The van der Waals surface area contributed by atoms with Gasteiger partial charge >= 0.3 is 6.03 Å². The largest absolute Gasteiger partial charge is 0.385 e. The minimum atomic E-state index is -0.375. The van der Waals surface area contributed by atoms with Crippen LogP contribution in [0.15, 0.2) is 4.99 Å². The number of nitrogens with zero attached hydrogens (tertiary/aromatic N) is 3. The van der Waals surface area contributed by atoms with Crippen molar-refractivity contribution < 1.29 is 9.53 Å². The number of amides is 2. The number of carbonyl (C=O) groups is 1. The first-order chi connectivity index (χ1) is 8.60. The van der Waals surface area contributed by atoms with Crippen LogP contribution in [0, 0.1) is 0 Å². The fourth-order valence-electron chi connectivity index (χ4n) is 2.86. The van der Waals surface area contributed by atoms with Crippen LogP contribution in [0.2, 0.25) is 0 Å². The van der Waals surface area contributed by atoms with Gasteiger partial charge in [-0.2, -0.15) is 4.99 Å². The molecule has 102 valence electrons. The first-order valence-electron chi connectivity index (χ1n) is 6.44. The molecule has 18 heavy (non-hydrogen) atoms. The summed E-state index contributed by atoms with van der Waals surface area (Å²) in [5, 5.41) is 0. The summed E-state index contributed by atoms with van der Waals surface area (Å²) in [6, 6.07) is -0.214. The van der Waals surface area contributed by atoms with Crippen LogP contribution >= 0.6 is 0 Å². The maximum atomic E-state index is 11.9. The number of rotatable bonds is 3. The third-order valence-electron chi connectivity index (χ3n) is 4.00. The molecule has 0 radical (unpaired) electrons. The lowest BCUT2D eigenvalue weighted by molar-refractivity contribution is 0.116. The number of carbonyl (C=O) groups excluding carboxylic acids is 1. The first-order valence-corrected chi connectivity index (χ1v) is 6.44. The van der Waals surface area contributed by atoms with Crippen molar-refractivity contribution in [1.29, 1.82) is 0 Å². The summed E-state index contributed by atoms with van der Waals surface area (Å²) >= 11 is 0. The Morgan fingerprint density at radius 2 is 2.22 bits per heavy atom. The van der Waals surface area contributed by atoms with Gasteiger partial charge in [0.25, 0.3) is 0 Å². The van der Waals surface area contributed by atoms with Crippen molar-refractivity contribution in [3.63, 3.8) is 0 Å². The molecule has 2 amide bonds. The minimum absolute atomic E-state index is 0.214. The van der Waals surface area contributed by atoms with Gasteiger partial charge in [0.15, 0.2) is 0 Å². The number of aliphatic imine (C=N–C) groups is 1. The van der Waals surface area contributed by atoms with E-state index in [1.807, 2.05) is 0 Å². The molecule has 0 bridgehead atoms. The van der Waals surface area contributed by atoms with Crippen LogP contribution in [-0.4, -0.2) is 67.6 Å². The molecule has 1 spiro atoms. The highest BCUT2D eigenvalue weighted by atomic mass is 16.5. The molecule has 1 saturated heterocycles. The zero-order chi connectivity index (χ0) is 13.2. The highest BCUT2D eigenvalue weighted by molar-refractivity contribution is 6.05. The molecule has 1 unspecified atom stereocenters. The number of hydrogen-bond acceptors (Lipinski definition) is 4. The second kappa shape index (κ2) is 5.24. The second-order valence-electron chi connectivity index (χ2n) is 5.11. The van der Waals surface area contributed by atoms with Crippen molar-refractivity contribution in [2.24, 2.45) is 10.7 Å². The maximum Gasteiger partial charge on any atom is 0.346 e. The molecule has 2 N–H and O–H groups in total. The third-order valence-corrected chi connectivity index (χ3v) is 4.00. The van der Waals surface area contributed by atoms with Crippen LogP contribution in [-0.2, 0) is 4.74 Å². The van der Waals surface area contributed by atoms with E-state index in [4.69, 9.17) is 10.5 Å². The number of nitrogens with two attached hydrogens (primary N) is 1. The zero-order valence-electron chi connectivity index (χ0n) is 11.2. The van der Waals surface area contributed by atoms with E-state index in [1.54, 1.807) is 12.0 Å². The van der Waals surface area contributed by atoms with Crippen molar-refractivity contribution in [2.45, 2.75) is 24.8 Å². The van der Waals surface area contributed by atoms with Crippen molar-refractivity contribution in [2.75, 3.05) is 40.4 Å². The first kappa shape index (κ1) is 13.3. The molecule has 0 aromatic heterocycles. The Bertz CT molecular complexity index is 358. The molecule has 1 fully saturated rings. The molecule has 1 atom stereocenters.